The highest BCUT2D eigenvalue weighted by Gasteiger charge is 2.49. The van der Waals surface area contributed by atoms with Crippen LogP contribution in [0.3, 0.4) is 0 Å². The normalized spacial score (nSPS) is 19.7. The van der Waals surface area contributed by atoms with Gasteiger partial charge in [-0.05, 0) is 36.8 Å². The molecule has 0 spiro atoms. The Balaban J connectivity index is 1.75. The zero-order valence-electron chi connectivity index (χ0n) is 13.3. The summed E-state index contributed by atoms with van der Waals surface area (Å²) >= 11 is 0. The largest absolute Gasteiger partial charge is 0.325 e. The first-order valence-electron chi connectivity index (χ1n) is 7.50. The molecular weight excluding hydrogens is 327 g/mol. The molecule has 0 unspecified atom stereocenters. The Hall–Kier alpha value is -3.29. The van der Waals surface area contributed by atoms with Crippen molar-refractivity contribution in [3.05, 3.63) is 60.2 Å². The fourth-order valence-electron chi connectivity index (χ4n) is 2.60. The minimum absolute atomic E-state index is 0.427. The van der Waals surface area contributed by atoms with Crippen LogP contribution in [-0.4, -0.2) is 34.3 Å². The molecule has 2 heterocycles. The summed E-state index contributed by atoms with van der Waals surface area (Å²) in [5.41, 5.74) is -0.403. The number of urea groups is 1. The van der Waals surface area contributed by atoms with Gasteiger partial charge >= 0.3 is 6.03 Å². The molecule has 2 aromatic rings. The standard InChI is InChI=1S/C17H15FN4O3/c1-17(11-2-4-12(18)5-3-11)15(24)22(16(25)21-17)10-14(23)20-13-6-8-19-9-7-13/h2-9H,10H2,1H3,(H,21,25)(H,19,20,23)/t17-/m0/s1. The molecule has 0 aliphatic carbocycles. The molecule has 3 rings (SSSR count). The number of rotatable bonds is 4. The van der Waals surface area contributed by atoms with Gasteiger partial charge in [0.25, 0.3) is 5.91 Å². The van der Waals surface area contributed by atoms with E-state index in [0.717, 1.165) is 4.90 Å². The van der Waals surface area contributed by atoms with Gasteiger partial charge in [-0.25, -0.2) is 9.18 Å². The lowest BCUT2D eigenvalue weighted by Crippen LogP contribution is -2.42. The first kappa shape index (κ1) is 16.6. The fraction of sp³-hybridized carbons (Fsp3) is 0.176. The number of carbonyl (C=O) groups is 3. The van der Waals surface area contributed by atoms with E-state index in [1.807, 2.05) is 0 Å². The van der Waals surface area contributed by atoms with Gasteiger partial charge in [-0.2, -0.15) is 0 Å². The maximum Gasteiger partial charge on any atom is 0.325 e. The summed E-state index contributed by atoms with van der Waals surface area (Å²) in [6.45, 7) is 1.09. The van der Waals surface area contributed by atoms with Gasteiger partial charge in [0.05, 0.1) is 0 Å². The second kappa shape index (κ2) is 6.31. The lowest BCUT2D eigenvalue weighted by Gasteiger charge is -2.22. The first-order chi connectivity index (χ1) is 11.9. The number of halogens is 1. The zero-order valence-corrected chi connectivity index (χ0v) is 13.3. The van der Waals surface area contributed by atoms with E-state index in [9.17, 15) is 18.8 Å². The Morgan fingerprint density at radius 1 is 1.20 bits per heavy atom. The molecule has 1 aliphatic heterocycles. The predicted molar refractivity (Wildman–Crippen MR) is 86.9 cm³/mol. The number of carbonyl (C=O) groups excluding carboxylic acids is 3. The number of nitrogens with zero attached hydrogens (tertiary/aromatic N) is 2. The molecule has 1 saturated heterocycles. The zero-order chi connectivity index (χ0) is 18.0. The highest BCUT2D eigenvalue weighted by atomic mass is 19.1. The van der Waals surface area contributed by atoms with Crippen LogP contribution >= 0.6 is 0 Å². The van der Waals surface area contributed by atoms with E-state index in [-0.39, 0.29) is 0 Å². The van der Waals surface area contributed by atoms with E-state index in [2.05, 4.69) is 15.6 Å². The van der Waals surface area contributed by atoms with E-state index in [1.165, 1.54) is 43.6 Å². The van der Waals surface area contributed by atoms with Crippen molar-refractivity contribution >= 4 is 23.5 Å². The van der Waals surface area contributed by atoms with Gasteiger partial charge in [0.15, 0.2) is 0 Å². The van der Waals surface area contributed by atoms with Crippen molar-refractivity contribution in [2.45, 2.75) is 12.5 Å². The quantitative estimate of drug-likeness (QED) is 0.826. The van der Waals surface area contributed by atoms with Gasteiger partial charge in [0, 0.05) is 18.1 Å². The number of imide groups is 1. The molecule has 0 radical (unpaired) electrons. The molecule has 128 valence electrons. The summed E-state index contributed by atoms with van der Waals surface area (Å²) in [6.07, 6.45) is 3.02. The average Bonchev–Trinajstić information content (AvgIpc) is 2.80. The van der Waals surface area contributed by atoms with Crippen LogP contribution in [0.25, 0.3) is 0 Å². The van der Waals surface area contributed by atoms with E-state index < -0.39 is 35.7 Å². The number of pyridine rings is 1. The maximum atomic E-state index is 13.1. The van der Waals surface area contributed by atoms with Gasteiger partial charge in [-0.3, -0.25) is 19.5 Å². The predicted octanol–water partition coefficient (Wildman–Crippen LogP) is 1.63. The van der Waals surface area contributed by atoms with Gasteiger partial charge in [0.2, 0.25) is 5.91 Å². The number of hydrogen-bond donors (Lipinski definition) is 2. The third-order valence-electron chi connectivity index (χ3n) is 3.96. The Bertz CT molecular complexity index is 826. The smallest absolute Gasteiger partial charge is 0.324 e. The third-order valence-corrected chi connectivity index (χ3v) is 3.96. The maximum absolute atomic E-state index is 13.1. The third kappa shape index (κ3) is 3.18. The molecule has 2 N–H and O–H groups in total. The molecule has 1 atom stereocenters. The Kier molecular flexibility index (Phi) is 4.18. The molecule has 0 bridgehead atoms. The van der Waals surface area contributed by atoms with E-state index in [1.54, 1.807) is 12.1 Å². The van der Waals surface area contributed by atoms with Crippen molar-refractivity contribution < 1.29 is 18.8 Å². The van der Waals surface area contributed by atoms with Crippen molar-refractivity contribution in [2.75, 3.05) is 11.9 Å². The fourth-order valence-corrected chi connectivity index (χ4v) is 2.60. The first-order valence-corrected chi connectivity index (χ1v) is 7.50. The number of amides is 4. The highest BCUT2D eigenvalue weighted by molar-refractivity contribution is 6.10. The van der Waals surface area contributed by atoms with Crippen LogP contribution in [-0.2, 0) is 15.1 Å². The van der Waals surface area contributed by atoms with E-state index in [0.29, 0.717) is 11.3 Å². The minimum Gasteiger partial charge on any atom is -0.324 e. The highest BCUT2D eigenvalue weighted by Crippen LogP contribution is 2.28. The molecular formula is C17H15FN4O3. The molecule has 25 heavy (non-hydrogen) atoms. The SMILES string of the molecule is C[C@@]1(c2ccc(F)cc2)NC(=O)N(CC(=O)Nc2ccncc2)C1=O. The number of benzene rings is 1. The van der Waals surface area contributed by atoms with Crippen LogP contribution in [0.15, 0.2) is 48.8 Å². The van der Waals surface area contributed by atoms with Crippen LogP contribution in [0.5, 0.6) is 0 Å². The molecule has 8 heteroatoms. The Morgan fingerprint density at radius 3 is 2.48 bits per heavy atom. The van der Waals surface area contributed by atoms with Crippen molar-refractivity contribution in [1.29, 1.82) is 0 Å². The Morgan fingerprint density at radius 2 is 1.84 bits per heavy atom. The minimum atomic E-state index is -1.35. The molecule has 4 amide bonds. The molecule has 1 aromatic heterocycles. The summed E-state index contributed by atoms with van der Waals surface area (Å²) in [6, 6.07) is 7.76. The van der Waals surface area contributed by atoms with E-state index >= 15 is 0 Å². The molecule has 1 aromatic carbocycles. The second-order valence-corrected chi connectivity index (χ2v) is 5.74. The molecule has 7 nitrogen and oxygen atoms in total. The van der Waals surface area contributed by atoms with Crippen LogP contribution < -0.4 is 10.6 Å². The number of aromatic nitrogens is 1. The van der Waals surface area contributed by atoms with Gasteiger partial charge < -0.3 is 10.6 Å². The number of nitrogens with one attached hydrogen (secondary N) is 2. The monoisotopic (exact) mass is 342 g/mol. The van der Waals surface area contributed by atoms with Crippen LogP contribution in [0.4, 0.5) is 14.9 Å². The molecule has 0 saturated carbocycles. The van der Waals surface area contributed by atoms with Crippen LogP contribution in [0, 0.1) is 5.82 Å². The van der Waals surface area contributed by atoms with Crippen molar-refractivity contribution in [1.82, 2.24) is 15.2 Å². The van der Waals surface area contributed by atoms with Crippen molar-refractivity contribution in [2.24, 2.45) is 0 Å². The second-order valence-electron chi connectivity index (χ2n) is 5.74. The summed E-state index contributed by atoms with van der Waals surface area (Å²) in [5, 5.41) is 5.14. The lowest BCUT2D eigenvalue weighted by atomic mass is 9.92. The lowest BCUT2D eigenvalue weighted by molar-refractivity contribution is -0.133. The van der Waals surface area contributed by atoms with Gasteiger partial charge in [0.1, 0.15) is 17.9 Å². The van der Waals surface area contributed by atoms with Gasteiger partial charge in [-0.15, -0.1) is 0 Å². The Labute approximate surface area is 142 Å². The summed E-state index contributed by atoms with van der Waals surface area (Å²) in [4.78, 5) is 41.6. The van der Waals surface area contributed by atoms with Crippen LogP contribution in [0.1, 0.15) is 12.5 Å². The summed E-state index contributed by atoms with van der Waals surface area (Å²) in [5.74, 6) is -1.54. The summed E-state index contributed by atoms with van der Waals surface area (Å²) in [7, 11) is 0. The average molecular weight is 342 g/mol. The molecule has 1 fully saturated rings. The van der Waals surface area contributed by atoms with Crippen LogP contribution in [0.2, 0.25) is 0 Å². The van der Waals surface area contributed by atoms with Gasteiger partial charge in [-0.1, -0.05) is 12.1 Å². The number of hydrogen-bond acceptors (Lipinski definition) is 4. The molecule has 1 aliphatic rings. The van der Waals surface area contributed by atoms with Crippen molar-refractivity contribution in [3.8, 4) is 0 Å². The van der Waals surface area contributed by atoms with E-state index in [4.69, 9.17) is 0 Å². The number of anilines is 1. The van der Waals surface area contributed by atoms with Crippen molar-refractivity contribution in [3.63, 3.8) is 0 Å². The summed E-state index contributed by atoms with van der Waals surface area (Å²) < 4.78 is 13.1. The topological polar surface area (TPSA) is 91.4 Å².